The second kappa shape index (κ2) is 9.89. The summed E-state index contributed by atoms with van der Waals surface area (Å²) in [4.78, 5) is 8.16. The molecule has 3 aromatic rings. The minimum absolute atomic E-state index is 0.126. The Kier molecular flexibility index (Phi) is 7.36. The maximum absolute atomic E-state index is 13.0. The highest BCUT2D eigenvalue weighted by atomic mass is 32.2. The Hall–Kier alpha value is -3.32. The topological polar surface area (TPSA) is 126 Å². The van der Waals surface area contributed by atoms with Gasteiger partial charge < -0.3 is 19.5 Å². The van der Waals surface area contributed by atoms with E-state index in [1.165, 1.54) is 13.4 Å². The number of hydrogen-bond donors (Lipinski definition) is 2. The van der Waals surface area contributed by atoms with Crippen molar-refractivity contribution in [2.24, 2.45) is 5.14 Å². The number of anilines is 1. The van der Waals surface area contributed by atoms with Crippen molar-refractivity contribution >= 4 is 26.7 Å². The molecule has 1 heterocycles. The van der Waals surface area contributed by atoms with Gasteiger partial charge in [0.2, 0.25) is 10.0 Å². The zero-order valence-corrected chi connectivity index (χ0v) is 19.3. The van der Waals surface area contributed by atoms with E-state index in [0.717, 1.165) is 25.1 Å². The van der Waals surface area contributed by atoms with Gasteiger partial charge >= 0.3 is 6.18 Å². The molecule has 0 spiro atoms. The molecule has 0 saturated heterocycles. The van der Waals surface area contributed by atoms with E-state index in [1.807, 2.05) is 0 Å². The number of methoxy groups -OCH3 is 1. The predicted octanol–water partition coefficient (Wildman–Crippen LogP) is 3.63. The molecule has 0 amide bonds. The van der Waals surface area contributed by atoms with Gasteiger partial charge in [0.25, 0.3) is 0 Å². The summed E-state index contributed by atoms with van der Waals surface area (Å²) < 4.78 is 78.7. The molecule has 184 valence electrons. The van der Waals surface area contributed by atoms with E-state index in [9.17, 15) is 21.6 Å². The zero-order valence-electron chi connectivity index (χ0n) is 18.5. The van der Waals surface area contributed by atoms with Gasteiger partial charge in [0.15, 0.2) is 6.10 Å². The highest BCUT2D eigenvalue weighted by molar-refractivity contribution is 7.89. The lowest BCUT2D eigenvalue weighted by molar-refractivity contribution is -0.189. The van der Waals surface area contributed by atoms with Crippen LogP contribution in [0.2, 0.25) is 0 Å². The van der Waals surface area contributed by atoms with Crippen LogP contribution in [0.25, 0.3) is 10.9 Å². The van der Waals surface area contributed by atoms with Crippen molar-refractivity contribution < 1.29 is 35.8 Å². The third-order valence-electron chi connectivity index (χ3n) is 4.78. The molecule has 3 N–H and O–H groups in total. The molecule has 3 rings (SSSR count). The summed E-state index contributed by atoms with van der Waals surface area (Å²) in [5, 5.41) is 8.71. The van der Waals surface area contributed by atoms with Gasteiger partial charge in [-0.1, -0.05) is 0 Å². The first-order chi connectivity index (χ1) is 15.9. The SMILES string of the molecule is CCOc1cc(OC)cc2ncnc(NCc3cc(S(N)(=O)=O)ccc3OC(C)C(F)(F)F)c12. The first-order valence-electron chi connectivity index (χ1n) is 10.0. The molecule has 0 aliphatic carbocycles. The van der Waals surface area contributed by atoms with Gasteiger partial charge in [-0.15, -0.1) is 0 Å². The second-order valence-electron chi connectivity index (χ2n) is 7.14. The summed E-state index contributed by atoms with van der Waals surface area (Å²) in [5.41, 5.74) is 0.626. The van der Waals surface area contributed by atoms with Crippen molar-refractivity contribution in [3.63, 3.8) is 0 Å². The fourth-order valence-electron chi connectivity index (χ4n) is 3.07. The lowest BCUT2D eigenvalue weighted by Gasteiger charge is -2.20. The van der Waals surface area contributed by atoms with Crippen LogP contribution in [0.15, 0.2) is 41.6 Å². The number of alkyl halides is 3. The summed E-state index contributed by atoms with van der Waals surface area (Å²) in [6.45, 7) is 2.87. The fraction of sp³-hybridized carbons (Fsp3) is 0.333. The molecule has 1 unspecified atom stereocenters. The lowest BCUT2D eigenvalue weighted by Crippen LogP contribution is -2.31. The van der Waals surface area contributed by atoms with E-state index in [0.29, 0.717) is 34.8 Å². The van der Waals surface area contributed by atoms with Crippen LogP contribution >= 0.6 is 0 Å². The number of nitrogens with two attached hydrogens (primary N) is 1. The molecule has 9 nitrogen and oxygen atoms in total. The maximum atomic E-state index is 13.0. The zero-order chi connectivity index (χ0) is 25.1. The van der Waals surface area contributed by atoms with E-state index in [2.05, 4.69) is 15.3 Å². The summed E-state index contributed by atoms with van der Waals surface area (Å²) in [5.74, 6) is 1.10. The number of sulfonamides is 1. The molecule has 0 aliphatic rings. The Morgan fingerprint density at radius 1 is 1.15 bits per heavy atom. The molecule has 0 radical (unpaired) electrons. The Bertz CT molecular complexity index is 1290. The summed E-state index contributed by atoms with van der Waals surface area (Å²) in [7, 11) is -2.60. The van der Waals surface area contributed by atoms with E-state index in [-0.39, 0.29) is 22.8 Å². The molecule has 34 heavy (non-hydrogen) atoms. The van der Waals surface area contributed by atoms with Crippen molar-refractivity contribution in [3.05, 3.63) is 42.2 Å². The molecule has 1 atom stereocenters. The van der Waals surface area contributed by atoms with Crippen molar-refractivity contribution in [1.82, 2.24) is 9.97 Å². The quantitative estimate of drug-likeness (QED) is 0.456. The number of halogens is 3. The number of fused-ring (bicyclic) bond motifs is 1. The van der Waals surface area contributed by atoms with E-state index in [4.69, 9.17) is 19.3 Å². The smallest absolute Gasteiger partial charge is 0.425 e. The average Bonchev–Trinajstić information content (AvgIpc) is 2.76. The molecule has 0 bridgehead atoms. The van der Waals surface area contributed by atoms with Crippen LogP contribution in [0.5, 0.6) is 17.2 Å². The lowest BCUT2D eigenvalue weighted by atomic mass is 10.1. The number of hydrogen-bond acceptors (Lipinski definition) is 8. The van der Waals surface area contributed by atoms with Crippen LogP contribution in [-0.2, 0) is 16.6 Å². The van der Waals surface area contributed by atoms with E-state index >= 15 is 0 Å². The Labute approximate surface area is 194 Å². The Balaban J connectivity index is 2.02. The highest BCUT2D eigenvalue weighted by Crippen LogP contribution is 2.35. The first kappa shape index (κ1) is 25.3. The molecular formula is C21H23F3N4O5S. The summed E-state index contributed by atoms with van der Waals surface area (Å²) >= 11 is 0. The number of nitrogens with zero attached hydrogens (tertiary/aromatic N) is 2. The van der Waals surface area contributed by atoms with E-state index < -0.39 is 22.3 Å². The van der Waals surface area contributed by atoms with Gasteiger partial charge in [-0.2, -0.15) is 13.2 Å². The number of primary sulfonamides is 1. The summed E-state index contributed by atoms with van der Waals surface area (Å²) in [6.07, 6.45) is -5.44. The van der Waals surface area contributed by atoms with Crippen LogP contribution < -0.4 is 24.7 Å². The molecule has 0 fully saturated rings. The molecule has 2 aromatic carbocycles. The normalized spacial score (nSPS) is 12.9. The Morgan fingerprint density at radius 2 is 1.88 bits per heavy atom. The van der Waals surface area contributed by atoms with Gasteiger partial charge in [-0.3, -0.25) is 0 Å². The highest BCUT2D eigenvalue weighted by Gasteiger charge is 2.38. The van der Waals surface area contributed by atoms with Crippen LogP contribution in [0.4, 0.5) is 19.0 Å². The van der Waals surface area contributed by atoms with Gasteiger partial charge in [-0.05, 0) is 32.0 Å². The van der Waals surface area contributed by atoms with Crippen molar-refractivity contribution in [1.29, 1.82) is 0 Å². The van der Waals surface area contributed by atoms with Gasteiger partial charge in [0, 0.05) is 24.2 Å². The number of nitrogens with one attached hydrogen (secondary N) is 1. The standard InChI is InChI=1S/C21H23F3N4O5S/c1-4-32-18-9-14(31-3)8-16-19(18)20(28-11-27-16)26-10-13-7-15(34(25,29)30)5-6-17(13)33-12(2)21(22,23)24/h5-9,11-12H,4,10H2,1-3H3,(H2,25,29,30)(H,26,27,28). The second-order valence-corrected chi connectivity index (χ2v) is 8.71. The van der Waals surface area contributed by atoms with Crippen molar-refractivity contribution in [2.75, 3.05) is 19.0 Å². The predicted molar refractivity (Wildman–Crippen MR) is 119 cm³/mol. The number of aromatic nitrogens is 2. The number of ether oxygens (including phenoxy) is 3. The van der Waals surface area contributed by atoms with Gasteiger partial charge in [0.1, 0.15) is 29.4 Å². The van der Waals surface area contributed by atoms with Gasteiger partial charge in [-0.25, -0.2) is 23.5 Å². The maximum Gasteiger partial charge on any atom is 0.425 e. The molecular weight excluding hydrogens is 477 g/mol. The molecule has 13 heteroatoms. The van der Waals surface area contributed by atoms with Crippen molar-refractivity contribution in [3.8, 4) is 17.2 Å². The fourth-order valence-corrected chi connectivity index (χ4v) is 3.64. The van der Waals surface area contributed by atoms with Crippen LogP contribution in [0.3, 0.4) is 0 Å². The monoisotopic (exact) mass is 500 g/mol. The first-order valence-corrected chi connectivity index (χ1v) is 11.6. The van der Waals surface area contributed by atoms with Gasteiger partial charge in [0.05, 0.1) is 29.5 Å². The van der Waals surface area contributed by atoms with Crippen LogP contribution in [0.1, 0.15) is 19.4 Å². The molecule has 0 aliphatic heterocycles. The summed E-state index contributed by atoms with van der Waals surface area (Å²) in [6, 6.07) is 6.69. The van der Waals surface area contributed by atoms with Crippen LogP contribution in [-0.4, -0.2) is 44.4 Å². The van der Waals surface area contributed by atoms with Crippen LogP contribution in [0, 0.1) is 0 Å². The minimum atomic E-state index is -4.61. The van der Waals surface area contributed by atoms with E-state index in [1.54, 1.807) is 19.1 Å². The average molecular weight is 500 g/mol. The molecule has 1 aromatic heterocycles. The third kappa shape index (κ3) is 5.78. The Morgan fingerprint density at radius 3 is 2.50 bits per heavy atom. The third-order valence-corrected chi connectivity index (χ3v) is 5.69. The minimum Gasteiger partial charge on any atom is -0.497 e. The largest absolute Gasteiger partial charge is 0.497 e. The van der Waals surface area contributed by atoms with Crippen molar-refractivity contribution in [2.45, 2.75) is 37.6 Å². The number of rotatable bonds is 9. The molecule has 0 saturated carbocycles. The number of benzene rings is 2.